The molecule has 0 amide bonds. The van der Waals surface area contributed by atoms with Crippen LogP contribution in [0.15, 0.2) is 29.2 Å². The summed E-state index contributed by atoms with van der Waals surface area (Å²) in [7, 11) is 0. The summed E-state index contributed by atoms with van der Waals surface area (Å²) < 4.78 is 0. The summed E-state index contributed by atoms with van der Waals surface area (Å²) in [5.74, 6) is 0. The molecule has 10 heavy (non-hydrogen) atoms. The molecule has 0 aromatic heterocycles. The van der Waals surface area contributed by atoms with Crippen molar-refractivity contribution in [1.29, 1.82) is 0 Å². The highest BCUT2D eigenvalue weighted by molar-refractivity contribution is 7.80. The highest BCUT2D eigenvalue weighted by Gasteiger charge is 1.90. The fourth-order valence-electron chi connectivity index (χ4n) is 0.683. The van der Waals surface area contributed by atoms with Crippen LogP contribution in [-0.4, -0.2) is 5.48 Å². The Kier molecular flexibility index (Phi) is 4.11. The number of hydrogen-bond donors (Lipinski definition) is 2. The van der Waals surface area contributed by atoms with E-state index in [2.05, 4.69) is 12.6 Å². The summed E-state index contributed by atoms with van der Waals surface area (Å²) in [5.41, 5.74) is 6.50. The summed E-state index contributed by atoms with van der Waals surface area (Å²) >= 11 is 4.20. The average Bonchev–Trinajstić information content (AvgIpc) is 1.89. The van der Waals surface area contributed by atoms with Gasteiger partial charge >= 0.3 is 0 Å². The lowest BCUT2D eigenvalue weighted by Gasteiger charge is -1.97. The summed E-state index contributed by atoms with van der Waals surface area (Å²) in [6.45, 7) is 0.569. The van der Waals surface area contributed by atoms with E-state index in [4.69, 9.17) is 5.73 Å². The van der Waals surface area contributed by atoms with Gasteiger partial charge in [-0.1, -0.05) is 18.2 Å². The average molecular weight is 157 g/mol. The Morgan fingerprint density at radius 2 is 1.90 bits per heavy atom. The van der Waals surface area contributed by atoms with Gasteiger partial charge in [-0.25, -0.2) is 0 Å². The monoisotopic (exact) mass is 157 g/mol. The molecule has 56 valence electrons. The zero-order valence-electron chi connectivity index (χ0n) is 5.54. The number of hydrogen-bond acceptors (Lipinski definition) is 2. The second-order valence-electron chi connectivity index (χ2n) is 1.83. The van der Waals surface area contributed by atoms with Gasteiger partial charge in [0.15, 0.2) is 0 Å². The van der Waals surface area contributed by atoms with Crippen molar-refractivity contribution in [3.63, 3.8) is 0 Å². The molecule has 0 aliphatic rings. The molecule has 4 N–H and O–H groups in total. The smallest absolute Gasteiger partial charge is 0.0189 e. The van der Waals surface area contributed by atoms with E-state index in [0.717, 1.165) is 10.5 Å². The Morgan fingerprint density at radius 1 is 1.30 bits per heavy atom. The molecular formula is C7H11NOS. The van der Waals surface area contributed by atoms with Crippen LogP contribution in [0.4, 0.5) is 0 Å². The normalized spacial score (nSPS) is 8.60. The minimum atomic E-state index is 0. The molecule has 3 heteroatoms. The SMILES string of the molecule is NCc1ccccc1S.O. The van der Waals surface area contributed by atoms with E-state index in [9.17, 15) is 0 Å². The number of thiol groups is 1. The van der Waals surface area contributed by atoms with Crippen LogP contribution >= 0.6 is 12.6 Å². The van der Waals surface area contributed by atoms with Gasteiger partial charge in [-0.15, -0.1) is 12.6 Å². The predicted molar refractivity (Wildman–Crippen MR) is 45.2 cm³/mol. The maximum Gasteiger partial charge on any atom is 0.0189 e. The zero-order chi connectivity index (χ0) is 6.69. The van der Waals surface area contributed by atoms with Crippen LogP contribution in [0, 0.1) is 0 Å². The van der Waals surface area contributed by atoms with Crippen LogP contribution in [0.25, 0.3) is 0 Å². The van der Waals surface area contributed by atoms with E-state index in [-0.39, 0.29) is 5.48 Å². The molecule has 0 fully saturated rings. The summed E-state index contributed by atoms with van der Waals surface area (Å²) in [5, 5.41) is 0. The second kappa shape index (κ2) is 4.33. The van der Waals surface area contributed by atoms with Crippen LogP contribution in [0.3, 0.4) is 0 Å². The third-order valence-corrected chi connectivity index (χ3v) is 1.65. The molecule has 0 radical (unpaired) electrons. The standard InChI is InChI=1S/C7H9NS.H2O/c8-5-6-3-1-2-4-7(6)9;/h1-4,9H,5,8H2;1H2. The van der Waals surface area contributed by atoms with Crippen molar-refractivity contribution < 1.29 is 5.48 Å². The predicted octanol–water partition coefficient (Wildman–Crippen LogP) is 0.609. The third kappa shape index (κ3) is 2.02. The quantitative estimate of drug-likeness (QED) is 0.576. The largest absolute Gasteiger partial charge is 0.412 e. The van der Waals surface area contributed by atoms with Crippen LogP contribution in [0.5, 0.6) is 0 Å². The van der Waals surface area contributed by atoms with Gasteiger partial charge in [0.2, 0.25) is 0 Å². The number of benzene rings is 1. The maximum atomic E-state index is 5.40. The first-order valence-electron chi connectivity index (χ1n) is 2.81. The van der Waals surface area contributed by atoms with Crippen LogP contribution in [0.1, 0.15) is 5.56 Å². The van der Waals surface area contributed by atoms with E-state index in [1.807, 2.05) is 24.3 Å². The van der Waals surface area contributed by atoms with Crippen LogP contribution in [0.2, 0.25) is 0 Å². The van der Waals surface area contributed by atoms with E-state index in [1.54, 1.807) is 0 Å². The Hall–Kier alpha value is -0.510. The van der Waals surface area contributed by atoms with E-state index < -0.39 is 0 Å². The van der Waals surface area contributed by atoms with Gasteiger partial charge in [0.25, 0.3) is 0 Å². The van der Waals surface area contributed by atoms with Crippen LogP contribution < -0.4 is 5.73 Å². The van der Waals surface area contributed by atoms with Gasteiger partial charge in [0, 0.05) is 11.4 Å². The van der Waals surface area contributed by atoms with Crippen molar-refractivity contribution >= 4 is 12.6 Å². The molecule has 2 nitrogen and oxygen atoms in total. The lowest BCUT2D eigenvalue weighted by atomic mass is 10.2. The summed E-state index contributed by atoms with van der Waals surface area (Å²) in [6.07, 6.45) is 0. The summed E-state index contributed by atoms with van der Waals surface area (Å²) in [4.78, 5) is 0.972. The molecular weight excluding hydrogens is 146 g/mol. The second-order valence-corrected chi connectivity index (χ2v) is 2.31. The van der Waals surface area contributed by atoms with Crippen molar-refractivity contribution in [2.45, 2.75) is 11.4 Å². The first kappa shape index (κ1) is 9.49. The lowest BCUT2D eigenvalue weighted by Crippen LogP contribution is -1.96. The van der Waals surface area contributed by atoms with Crippen molar-refractivity contribution in [2.75, 3.05) is 0 Å². The molecule has 1 aromatic rings. The molecule has 0 heterocycles. The van der Waals surface area contributed by atoms with E-state index in [0.29, 0.717) is 6.54 Å². The first-order valence-corrected chi connectivity index (χ1v) is 3.26. The Bertz CT molecular complexity index is 203. The Balaban J connectivity index is 0.000000810. The first-order chi connectivity index (χ1) is 4.34. The molecule has 0 aliphatic carbocycles. The highest BCUT2D eigenvalue weighted by Crippen LogP contribution is 2.10. The molecule has 1 aromatic carbocycles. The molecule has 1 rings (SSSR count). The molecule has 0 bridgehead atoms. The molecule has 0 aliphatic heterocycles. The van der Waals surface area contributed by atoms with E-state index >= 15 is 0 Å². The molecule has 0 saturated carbocycles. The van der Waals surface area contributed by atoms with Crippen molar-refractivity contribution in [2.24, 2.45) is 5.73 Å². The topological polar surface area (TPSA) is 57.5 Å². The number of nitrogens with two attached hydrogens (primary N) is 1. The summed E-state index contributed by atoms with van der Waals surface area (Å²) in [6, 6.07) is 7.82. The van der Waals surface area contributed by atoms with Crippen molar-refractivity contribution in [3.8, 4) is 0 Å². The van der Waals surface area contributed by atoms with Gasteiger partial charge < -0.3 is 11.2 Å². The van der Waals surface area contributed by atoms with Crippen molar-refractivity contribution in [3.05, 3.63) is 29.8 Å². The molecule has 0 unspecified atom stereocenters. The highest BCUT2D eigenvalue weighted by atomic mass is 32.1. The molecule has 0 saturated heterocycles. The van der Waals surface area contributed by atoms with Gasteiger partial charge in [0.1, 0.15) is 0 Å². The minimum Gasteiger partial charge on any atom is -0.412 e. The minimum absolute atomic E-state index is 0. The van der Waals surface area contributed by atoms with Crippen molar-refractivity contribution in [1.82, 2.24) is 0 Å². The number of rotatable bonds is 1. The fraction of sp³-hybridized carbons (Fsp3) is 0.143. The van der Waals surface area contributed by atoms with Crippen LogP contribution in [-0.2, 0) is 6.54 Å². The zero-order valence-corrected chi connectivity index (χ0v) is 6.44. The van der Waals surface area contributed by atoms with E-state index in [1.165, 1.54) is 0 Å². The maximum absolute atomic E-state index is 5.40. The lowest BCUT2D eigenvalue weighted by molar-refractivity contribution is 0.824. The molecule has 0 atom stereocenters. The van der Waals surface area contributed by atoms with Gasteiger partial charge in [0.05, 0.1) is 0 Å². The van der Waals surface area contributed by atoms with Gasteiger partial charge in [-0.3, -0.25) is 0 Å². The van der Waals surface area contributed by atoms with Gasteiger partial charge in [-0.2, -0.15) is 0 Å². The fourth-order valence-corrected chi connectivity index (χ4v) is 0.935. The molecule has 0 spiro atoms. The third-order valence-electron chi connectivity index (χ3n) is 1.21. The Labute approximate surface area is 65.8 Å². The van der Waals surface area contributed by atoms with Gasteiger partial charge in [-0.05, 0) is 11.6 Å². The Morgan fingerprint density at radius 3 is 2.30 bits per heavy atom.